The summed E-state index contributed by atoms with van der Waals surface area (Å²) in [4.78, 5) is 5.76. The van der Waals surface area contributed by atoms with Crippen LogP contribution in [0.3, 0.4) is 0 Å². The smallest absolute Gasteiger partial charge is 0.0931 e. The van der Waals surface area contributed by atoms with Gasteiger partial charge < -0.3 is 5.73 Å². The van der Waals surface area contributed by atoms with Crippen LogP contribution in [0.15, 0.2) is 70.6 Å². The summed E-state index contributed by atoms with van der Waals surface area (Å²) < 4.78 is 12.4. The van der Waals surface area contributed by atoms with E-state index in [1.807, 2.05) is 54.6 Å². The van der Waals surface area contributed by atoms with Gasteiger partial charge in [0.05, 0.1) is 26.9 Å². The molecule has 0 fully saturated rings. The predicted octanol–water partition coefficient (Wildman–Crippen LogP) is 2.98. The Morgan fingerprint density at radius 3 is 2.53 bits per heavy atom. The molecule has 94 valence electrons. The maximum Gasteiger partial charge on any atom is 0.0931 e. The first-order valence-corrected chi connectivity index (χ1v) is 7.02. The average molecular weight is 268 g/mol. The molecule has 3 rings (SSSR count). The molecule has 0 bridgehead atoms. The van der Waals surface area contributed by atoms with Crippen LogP contribution in [0.1, 0.15) is 0 Å². The summed E-state index contributed by atoms with van der Waals surface area (Å²) in [5.41, 5.74) is 7.24. The predicted molar refractivity (Wildman–Crippen MR) is 77.3 cm³/mol. The molecular weight excluding hydrogens is 256 g/mol. The largest absolute Gasteiger partial charge is 0.397 e. The van der Waals surface area contributed by atoms with Gasteiger partial charge in [-0.2, -0.15) is 0 Å². The van der Waals surface area contributed by atoms with Crippen molar-refractivity contribution in [3.8, 4) is 0 Å². The minimum atomic E-state index is -1.21. The van der Waals surface area contributed by atoms with E-state index in [1.54, 1.807) is 6.20 Å². The molecule has 4 heteroatoms. The maximum atomic E-state index is 12.4. The Bertz CT molecular complexity index is 756. The molecule has 3 nitrogen and oxygen atoms in total. The summed E-state index contributed by atoms with van der Waals surface area (Å²) in [6.45, 7) is 0. The molecule has 19 heavy (non-hydrogen) atoms. The molecule has 0 saturated heterocycles. The monoisotopic (exact) mass is 268 g/mol. The lowest BCUT2D eigenvalue weighted by atomic mass is 10.2. The number of benzene rings is 2. The topological polar surface area (TPSA) is 56.0 Å². The molecule has 1 atom stereocenters. The molecule has 1 aromatic heterocycles. The van der Waals surface area contributed by atoms with Gasteiger partial charge in [0.1, 0.15) is 0 Å². The Labute approximate surface area is 113 Å². The fraction of sp³-hybridized carbons (Fsp3) is 0. The Morgan fingerprint density at radius 2 is 1.74 bits per heavy atom. The molecule has 0 amide bonds. The van der Waals surface area contributed by atoms with Crippen LogP contribution in [0.25, 0.3) is 10.9 Å². The molecule has 0 aliphatic rings. The Morgan fingerprint density at radius 1 is 0.947 bits per heavy atom. The number of aromatic nitrogens is 1. The fourth-order valence-electron chi connectivity index (χ4n) is 1.95. The highest BCUT2D eigenvalue weighted by atomic mass is 32.2. The molecule has 2 aromatic carbocycles. The average Bonchev–Trinajstić information content (AvgIpc) is 2.47. The summed E-state index contributed by atoms with van der Waals surface area (Å²) in [6.07, 6.45) is 1.63. The van der Waals surface area contributed by atoms with Crippen molar-refractivity contribution in [2.75, 3.05) is 5.73 Å². The van der Waals surface area contributed by atoms with Crippen LogP contribution in [0.5, 0.6) is 0 Å². The zero-order valence-electron chi connectivity index (χ0n) is 10.1. The Balaban J connectivity index is 2.09. The van der Waals surface area contributed by atoms with E-state index < -0.39 is 10.8 Å². The summed E-state index contributed by atoms with van der Waals surface area (Å²) in [6, 6.07) is 16.8. The van der Waals surface area contributed by atoms with Crippen molar-refractivity contribution in [3.63, 3.8) is 0 Å². The molecule has 0 spiro atoms. The van der Waals surface area contributed by atoms with Crippen molar-refractivity contribution in [3.05, 3.63) is 60.8 Å². The van der Waals surface area contributed by atoms with Crippen LogP contribution < -0.4 is 5.73 Å². The first-order chi connectivity index (χ1) is 9.25. The van der Waals surface area contributed by atoms with Crippen molar-refractivity contribution < 1.29 is 4.21 Å². The van der Waals surface area contributed by atoms with E-state index in [0.29, 0.717) is 10.6 Å². The third kappa shape index (κ3) is 2.22. The highest BCUT2D eigenvalue weighted by molar-refractivity contribution is 7.85. The Hall–Kier alpha value is -2.20. The summed E-state index contributed by atoms with van der Waals surface area (Å²) in [5, 5.41) is 0.904. The first kappa shape index (κ1) is 11.9. The van der Waals surface area contributed by atoms with Crippen molar-refractivity contribution in [2.45, 2.75) is 9.79 Å². The molecule has 0 saturated carbocycles. The third-order valence-electron chi connectivity index (χ3n) is 2.89. The second-order valence-electron chi connectivity index (χ2n) is 4.17. The normalized spacial score (nSPS) is 12.4. The lowest BCUT2D eigenvalue weighted by molar-refractivity contribution is 0.683. The first-order valence-electron chi connectivity index (χ1n) is 5.87. The molecule has 2 N–H and O–H groups in total. The van der Waals surface area contributed by atoms with Crippen molar-refractivity contribution in [1.82, 2.24) is 4.98 Å². The summed E-state index contributed by atoms with van der Waals surface area (Å²) in [5.74, 6) is 0. The second kappa shape index (κ2) is 4.82. The van der Waals surface area contributed by atoms with Gasteiger partial charge in [0, 0.05) is 16.5 Å². The number of rotatable bonds is 2. The van der Waals surface area contributed by atoms with E-state index >= 15 is 0 Å². The third-order valence-corrected chi connectivity index (χ3v) is 4.24. The zero-order valence-corrected chi connectivity index (χ0v) is 10.9. The van der Waals surface area contributed by atoms with E-state index in [1.165, 1.54) is 0 Å². The van der Waals surface area contributed by atoms with Gasteiger partial charge in [0.15, 0.2) is 0 Å². The van der Waals surface area contributed by atoms with Gasteiger partial charge in [0.2, 0.25) is 0 Å². The van der Waals surface area contributed by atoms with E-state index in [-0.39, 0.29) is 0 Å². The summed E-state index contributed by atoms with van der Waals surface area (Å²) in [7, 11) is -1.21. The highest BCUT2D eigenvalue weighted by Gasteiger charge is 2.08. The number of nitrogens with two attached hydrogens (primary N) is 1. The lowest BCUT2D eigenvalue weighted by Gasteiger charge is -2.05. The van der Waals surface area contributed by atoms with Crippen LogP contribution in [0.4, 0.5) is 5.69 Å². The van der Waals surface area contributed by atoms with Crippen LogP contribution in [0.2, 0.25) is 0 Å². The van der Waals surface area contributed by atoms with E-state index in [4.69, 9.17) is 5.73 Å². The standard InChI is InChI=1S/C15H12N2OS/c16-14-8-4-5-11-9-13(10-17-15(11)14)19(18)12-6-2-1-3-7-12/h1-10H,16H2/t19-/m0/s1. The highest BCUT2D eigenvalue weighted by Crippen LogP contribution is 2.22. The lowest BCUT2D eigenvalue weighted by Crippen LogP contribution is -1.95. The van der Waals surface area contributed by atoms with Gasteiger partial charge in [-0.15, -0.1) is 0 Å². The SMILES string of the molecule is Nc1cccc2cc([S@@](=O)c3ccccc3)cnc12. The van der Waals surface area contributed by atoms with Gasteiger partial charge in [-0.25, -0.2) is 4.21 Å². The molecule has 0 aliphatic carbocycles. The van der Waals surface area contributed by atoms with E-state index in [0.717, 1.165) is 15.8 Å². The van der Waals surface area contributed by atoms with Gasteiger partial charge in [-0.1, -0.05) is 30.3 Å². The van der Waals surface area contributed by atoms with Crippen LogP contribution >= 0.6 is 0 Å². The number of para-hydroxylation sites is 1. The number of hydrogen-bond acceptors (Lipinski definition) is 3. The van der Waals surface area contributed by atoms with Gasteiger partial charge in [-0.05, 0) is 24.3 Å². The van der Waals surface area contributed by atoms with Crippen LogP contribution in [-0.4, -0.2) is 9.19 Å². The number of nitrogen functional groups attached to an aromatic ring is 1. The molecule has 0 aliphatic heterocycles. The van der Waals surface area contributed by atoms with E-state index in [9.17, 15) is 4.21 Å². The van der Waals surface area contributed by atoms with E-state index in [2.05, 4.69) is 4.98 Å². The van der Waals surface area contributed by atoms with Crippen molar-refractivity contribution in [2.24, 2.45) is 0 Å². The molecule has 1 heterocycles. The molecular formula is C15H12N2OS. The van der Waals surface area contributed by atoms with Crippen molar-refractivity contribution >= 4 is 27.4 Å². The number of nitrogens with zero attached hydrogens (tertiary/aromatic N) is 1. The van der Waals surface area contributed by atoms with Crippen LogP contribution in [-0.2, 0) is 10.8 Å². The minimum absolute atomic E-state index is 0.634. The van der Waals surface area contributed by atoms with Crippen LogP contribution in [0, 0.1) is 0 Å². The number of fused-ring (bicyclic) bond motifs is 1. The quantitative estimate of drug-likeness (QED) is 0.727. The van der Waals surface area contributed by atoms with Gasteiger partial charge >= 0.3 is 0 Å². The van der Waals surface area contributed by atoms with Gasteiger partial charge in [0.25, 0.3) is 0 Å². The molecule has 0 radical (unpaired) electrons. The van der Waals surface area contributed by atoms with Gasteiger partial charge in [-0.3, -0.25) is 4.98 Å². The maximum absolute atomic E-state index is 12.4. The van der Waals surface area contributed by atoms with Crippen molar-refractivity contribution in [1.29, 1.82) is 0 Å². The number of pyridine rings is 1. The Kier molecular flexibility index (Phi) is 3.01. The minimum Gasteiger partial charge on any atom is -0.397 e. The molecule has 0 unspecified atom stereocenters. The number of anilines is 1. The zero-order chi connectivity index (χ0) is 13.2. The molecule has 3 aromatic rings. The number of hydrogen-bond donors (Lipinski definition) is 1. The summed E-state index contributed by atoms with van der Waals surface area (Å²) >= 11 is 0. The fourth-order valence-corrected chi connectivity index (χ4v) is 3.00. The second-order valence-corrected chi connectivity index (χ2v) is 5.65.